The molecule has 1 aliphatic carbocycles. The second-order valence-electron chi connectivity index (χ2n) is 4.91. The molecule has 0 saturated carbocycles. The Morgan fingerprint density at radius 3 is 1.89 bits per heavy atom. The summed E-state index contributed by atoms with van der Waals surface area (Å²) < 4.78 is 0. The van der Waals surface area contributed by atoms with Crippen molar-refractivity contribution < 1.29 is 0 Å². The summed E-state index contributed by atoms with van der Waals surface area (Å²) in [6.07, 6.45) is 3.50. The van der Waals surface area contributed by atoms with E-state index in [1.54, 1.807) is 0 Å². The van der Waals surface area contributed by atoms with E-state index in [1.165, 1.54) is 34.6 Å². The molecule has 2 aromatic rings. The van der Waals surface area contributed by atoms with Gasteiger partial charge in [-0.3, -0.25) is 0 Å². The van der Waals surface area contributed by atoms with Gasteiger partial charge in [0, 0.05) is 0 Å². The number of aryl methyl sites for hydroxylation is 1. The Bertz CT molecular complexity index is 532. The zero-order valence-electron chi connectivity index (χ0n) is 12.0. The van der Waals surface area contributed by atoms with Crippen LogP contribution in [0.25, 0.3) is 5.57 Å². The molecule has 19 heavy (non-hydrogen) atoms. The van der Waals surface area contributed by atoms with Gasteiger partial charge in [0.15, 0.2) is 0 Å². The number of hydrogen-bond donors (Lipinski definition) is 0. The van der Waals surface area contributed by atoms with E-state index in [9.17, 15) is 0 Å². The lowest BCUT2D eigenvalue weighted by Crippen LogP contribution is -1.84. The minimum absolute atomic E-state index is 1.25. The highest BCUT2D eigenvalue weighted by molar-refractivity contribution is 5.97. The standard InChI is InChI=1S/C16H13.C3H8/c1-12-7-9-14(10-8-12)16-11-15(16)13-5-3-2-4-6-13;1-3-2/h2-11H,1H3;3H2,1-2H3. The van der Waals surface area contributed by atoms with Crippen LogP contribution in [0.3, 0.4) is 0 Å². The van der Waals surface area contributed by atoms with Gasteiger partial charge in [0.05, 0.1) is 5.92 Å². The molecule has 0 heteroatoms. The highest BCUT2D eigenvalue weighted by Crippen LogP contribution is 2.45. The van der Waals surface area contributed by atoms with Crippen LogP contribution in [0.4, 0.5) is 0 Å². The van der Waals surface area contributed by atoms with Gasteiger partial charge in [0.25, 0.3) is 0 Å². The molecule has 0 fully saturated rings. The number of allylic oxidation sites excluding steroid dienone is 2. The predicted molar refractivity (Wildman–Crippen MR) is 83.9 cm³/mol. The molecular formula is C19H21. The van der Waals surface area contributed by atoms with Crippen LogP contribution in [0.1, 0.15) is 37.0 Å². The topological polar surface area (TPSA) is 0 Å². The van der Waals surface area contributed by atoms with Crippen LogP contribution >= 0.6 is 0 Å². The summed E-state index contributed by atoms with van der Waals surface area (Å²) in [5.41, 5.74) is 5.33. The molecule has 1 radical (unpaired) electrons. The van der Waals surface area contributed by atoms with Crippen LogP contribution in [-0.2, 0) is 0 Å². The Morgan fingerprint density at radius 2 is 1.32 bits per heavy atom. The Kier molecular flexibility index (Phi) is 4.57. The third kappa shape index (κ3) is 3.57. The lowest BCUT2D eigenvalue weighted by molar-refractivity contribution is 1.09. The van der Waals surface area contributed by atoms with Crippen LogP contribution in [0.2, 0.25) is 0 Å². The van der Waals surface area contributed by atoms with E-state index in [0.29, 0.717) is 0 Å². The summed E-state index contributed by atoms with van der Waals surface area (Å²) in [5, 5.41) is 0. The van der Waals surface area contributed by atoms with E-state index in [1.807, 2.05) is 0 Å². The van der Waals surface area contributed by atoms with Gasteiger partial charge in [0.2, 0.25) is 0 Å². The molecule has 0 nitrogen and oxygen atoms in total. The van der Waals surface area contributed by atoms with Crippen molar-refractivity contribution in [3.63, 3.8) is 0 Å². The number of rotatable bonds is 2. The van der Waals surface area contributed by atoms with E-state index < -0.39 is 0 Å². The van der Waals surface area contributed by atoms with Gasteiger partial charge in [-0.05, 0) is 23.6 Å². The molecule has 0 bridgehead atoms. The molecule has 2 aromatic carbocycles. The number of hydrogen-bond acceptors (Lipinski definition) is 0. The highest BCUT2D eigenvalue weighted by atomic mass is 14.3. The van der Waals surface area contributed by atoms with Crippen LogP contribution in [0.15, 0.2) is 60.7 Å². The van der Waals surface area contributed by atoms with Crippen molar-refractivity contribution in [2.45, 2.75) is 27.2 Å². The van der Waals surface area contributed by atoms with Gasteiger partial charge >= 0.3 is 0 Å². The van der Waals surface area contributed by atoms with Crippen molar-refractivity contribution >= 4 is 5.57 Å². The van der Waals surface area contributed by atoms with Gasteiger partial charge in [-0.15, -0.1) is 0 Å². The fraction of sp³-hybridized carbons (Fsp3) is 0.211. The SMILES string of the molecule is CCC.Cc1ccc(C2=C[C]2c2ccccc2)cc1. The highest BCUT2D eigenvalue weighted by Gasteiger charge is 2.28. The van der Waals surface area contributed by atoms with Crippen molar-refractivity contribution in [1.29, 1.82) is 0 Å². The van der Waals surface area contributed by atoms with E-state index in [0.717, 1.165) is 0 Å². The molecule has 3 rings (SSSR count). The van der Waals surface area contributed by atoms with Crippen molar-refractivity contribution in [2.75, 3.05) is 0 Å². The molecule has 0 heterocycles. The first-order valence-electron chi connectivity index (χ1n) is 6.97. The molecule has 0 saturated heterocycles. The quantitative estimate of drug-likeness (QED) is 0.665. The van der Waals surface area contributed by atoms with Crippen molar-refractivity contribution in [2.24, 2.45) is 0 Å². The second-order valence-corrected chi connectivity index (χ2v) is 4.91. The summed E-state index contributed by atoms with van der Waals surface area (Å²) in [7, 11) is 0. The van der Waals surface area contributed by atoms with Crippen LogP contribution in [0.5, 0.6) is 0 Å². The lowest BCUT2D eigenvalue weighted by Gasteiger charge is -2.01. The Labute approximate surface area is 116 Å². The summed E-state index contributed by atoms with van der Waals surface area (Å²) in [6.45, 7) is 6.37. The Hall–Kier alpha value is -1.82. The second kappa shape index (κ2) is 6.38. The Balaban J connectivity index is 0.000000408. The fourth-order valence-corrected chi connectivity index (χ4v) is 1.94. The first kappa shape index (κ1) is 13.6. The first-order chi connectivity index (χ1) is 9.26. The van der Waals surface area contributed by atoms with E-state index in [4.69, 9.17) is 0 Å². The molecular weight excluding hydrogens is 228 g/mol. The minimum Gasteiger partial charge on any atom is -0.0656 e. The monoisotopic (exact) mass is 249 g/mol. The average molecular weight is 249 g/mol. The molecule has 1 aliphatic rings. The zero-order chi connectivity index (χ0) is 13.7. The lowest BCUT2D eigenvalue weighted by atomic mass is 10.0. The summed E-state index contributed by atoms with van der Waals surface area (Å²) in [6, 6.07) is 19.3. The van der Waals surface area contributed by atoms with Gasteiger partial charge in [-0.25, -0.2) is 0 Å². The predicted octanol–water partition coefficient (Wildman–Crippen LogP) is 5.43. The molecule has 0 spiro atoms. The summed E-state index contributed by atoms with van der Waals surface area (Å²) in [4.78, 5) is 0. The van der Waals surface area contributed by atoms with Crippen LogP contribution in [-0.4, -0.2) is 0 Å². The van der Waals surface area contributed by atoms with Crippen LogP contribution < -0.4 is 0 Å². The molecule has 97 valence electrons. The van der Waals surface area contributed by atoms with Crippen molar-refractivity contribution in [3.8, 4) is 0 Å². The van der Waals surface area contributed by atoms with Crippen molar-refractivity contribution in [1.82, 2.24) is 0 Å². The maximum absolute atomic E-state index is 2.25. The average Bonchev–Trinajstić information content (AvgIpc) is 3.22. The van der Waals surface area contributed by atoms with Gasteiger partial charge in [-0.1, -0.05) is 86.5 Å². The van der Waals surface area contributed by atoms with Gasteiger partial charge in [0.1, 0.15) is 0 Å². The van der Waals surface area contributed by atoms with Gasteiger partial charge in [-0.2, -0.15) is 0 Å². The fourth-order valence-electron chi connectivity index (χ4n) is 1.94. The normalized spacial score (nSPS) is 13.3. The Morgan fingerprint density at radius 1 is 0.737 bits per heavy atom. The summed E-state index contributed by atoms with van der Waals surface area (Å²) in [5.74, 6) is 1.38. The molecule has 0 unspecified atom stereocenters. The maximum Gasteiger partial charge on any atom is 0.0563 e. The third-order valence-electron chi connectivity index (χ3n) is 2.94. The van der Waals surface area contributed by atoms with E-state index in [-0.39, 0.29) is 0 Å². The molecule has 0 atom stereocenters. The zero-order valence-corrected chi connectivity index (χ0v) is 12.0. The maximum atomic E-state index is 2.25. The molecule has 0 aliphatic heterocycles. The van der Waals surface area contributed by atoms with E-state index >= 15 is 0 Å². The smallest absolute Gasteiger partial charge is 0.0563 e. The molecule has 0 N–H and O–H groups in total. The minimum atomic E-state index is 1.25. The third-order valence-corrected chi connectivity index (χ3v) is 2.94. The van der Waals surface area contributed by atoms with Crippen LogP contribution in [0, 0.1) is 12.8 Å². The van der Waals surface area contributed by atoms with Gasteiger partial charge < -0.3 is 0 Å². The molecule has 0 amide bonds. The van der Waals surface area contributed by atoms with Crippen molar-refractivity contribution in [3.05, 3.63) is 83.3 Å². The first-order valence-corrected chi connectivity index (χ1v) is 6.97. The van der Waals surface area contributed by atoms with E-state index in [2.05, 4.69) is 81.4 Å². The largest absolute Gasteiger partial charge is 0.0656 e. The summed E-state index contributed by atoms with van der Waals surface area (Å²) >= 11 is 0. The number of benzene rings is 2. The molecule has 0 aromatic heterocycles.